The Morgan fingerprint density at radius 3 is 2.20 bits per heavy atom. The van der Waals surface area contributed by atoms with Crippen molar-refractivity contribution >= 4 is 28.9 Å². The molecule has 0 N–H and O–H groups in total. The zero-order valence-corrected chi connectivity index (χ0v) is 20.6. The second-order valence-electron chi connectivity index (χ2n) is 7.75. The van der Waals surface area contributed by atoms with Crippen molar-refractivity contribution in [2.24, 2.45) is 11.1 Å². The Hall–Kier alpha value is -1.39. The smallest absolute Gasteiger partial charge is 0.125 e. The van der Waals surface area contributed by atoms with Crippen LogP contribution in [0.25, 0.3) is 0 Å². The fourth-order valence-corrected chi connectivity index (χ4v) is 3.25. The molecule has 4 nitrogen and oxygen atoms in total. The molecule has 6 heteroatoms. The van der Waals surface area contributed by atoms with Gasteiger partial charge in [0.05, 0.1) is 12.3 Å². The number of halogens is 2. The highest BCUT2D eigenvalue weighted by molar-refractivity contribution is 6.55. The van der Waals surface area contributed by atoms with Crippen molar-refractivity contribution < 1.29 is 14.3 Å². The highest BCUT2D eigenvalue weighted by Crippen LogP contribution is 2.31. The van der Waals surface area contributed by atoms with Gasteiger partial charge in [-0.1, -0.05) is 56.1 Å². The number of benzene rings is 1. The first-order valence-electron chi connectivity index (χ1n) is 10.9. The summed E-state index contributed by atoms with van der Waals surface area (Å²) in [7, 11) is 0. The first kappa shape index (κ1) is 26.6. The fourth-order valence-electron chi connectivity index (χ4n) is 3.12. The minimum Gasteiger partial charge on any atom is -0.493 e. The Labute approximate surface area is 192 Å². The van der Waals surface area contributed by atoms with Crippen LogP contribution in [0.2, 0.25) is 0 Å². The molecule has 0 aliphatic heterocycles. The van der Waals surface area contributed by atoms with Crippen molar-refractivity contribution in [3.8, 4) is 11.5 Å². The van der Waals surface area contributed by atoms with Crippen molar-refractivity contribution in [1.82, 2.24) is 0 Å². The summed E-state index contributed by atoms with van der Waals surface area (Å²) in [5.41, 5.74) is 3.37. The molecule has 0 amide bonds. The van der Waals surface area contributed by atoms with Crippen LogP contribution >= 0.6 is 23.2 Å². The summed E-state index contributed by atoms with van der Waals surface area (Å²) in [4.78, 5) is 5.41. The van der Waals surface area contributed by atoms with Crippen molar-refractivity contribution in [2.75, 3.05) is 19.8 Å². The molecule has 0 unspecified atom stereocenters. The summed E-state index contributed by atoms with van der Waals surface area (Å²) < 4.78 is 12.1. The van der Waals surface area contributed by atoms with Crippen LogP contribution in [0.1, 0.15) is 71.4 Å². The van der Waals surface area contributed by atoms with Crippen LogP contribution in [0.5, 0.6) is 11.5 Å². The van der Waals surface area contributed by atoms with E-state index in [1.165, 1.54) is 0 Å². The topological polar surface area (TPSA) is 40.0 Å². The number of hydrogen-bond acceptors (Lipinski definition) is 4. The third-order valence-corrected chi connectivity index (χ3v) is 4.82. The molecule has 0 saturated heterocycles. The van der Waals surface area contributed by atoms with E-state index in [4.69, 9.17) is 37.5 Å². The van der Waals surface area contributed by atoms with Gasteiger partial charge in [0.1, 0.15) is 29.2 Å². The standard InChI is InChI=1S/C24H37Cl2NO3/c1-6-20-16-22(28-14-11-23(25)26)17-21(7-2)24(20)29-12-9-8-10-13-30-27-19(5)15-18(3)4/h11,16-18H,6-10,12-15H2,1-5H3/b27-19+. The van der Waals surface area contributed by atoms with Crippen molar-refractivity contribution in [3.63, 3.8) is 0 Å². The number of rotatable bonds is 15. The number of oxime groups is 1. The van der Waals surface area contributed by atoms with Crippen molar-refractivity contribution in [2.45, 2.75) is 73.1 Å². The molecule has 170 valence electrons. The van der Waals surface area contributed by atoms with Gasteiger partial charge in [0, 0.05) is 0 Å². The zero-order valence-electron chi connectivity index (χ0n) is 19.1. The predicted octanol–water partition coefficient (Wildman–Crippen LogP) is 7.50. The Balaban J connectivity index is 2.46. The zero-order chi connectivity index (χ0) is 22.4. The Morgan fingerprint density at radius 2 is 1.63 bits per heavy atom. The van der Waals surface area contributed by atoms with Crippen LogP contribution in [0.15, 0.2) is 27.9 Å². The first-order valence-corrected chi connectivity index (χ1v) is 11.7. The van der Waals surface area contributed by atoms with E-state index in [0.717, 1.165) is 66.9 Å². The van der Waals surface area contributed by atoms with Crippen LogP contribution in [0, 0.1) is 5.92 Å². The molecular formula is C24H37Cl2NO3. The third-order valence-electron chi connectivity index (χ3n) is 4.52. The van der Waals surface area contributed by atoms with E-state index in [-0.39, 0.29) is 4.49 Å². The first-order chi connectivity index (χ1) is 14.4. The summed E-state index contributed by atoms with van der Waals surface area (Å²) in [6.07, 6.45) is 7.39. The van der Waals surface area contributed by atoms with E-state index in [9.17, 15) is 0 Å². The van der Waals surface area contributed by atoms with E-state index < -0.39 is 0 Å². The van der Waals surface area contributed by atoms with E-state index in [1.807, 2.05) is 19.1 Å². The molecule has 0 bridgehead atoms. The average Bonchev–Trinajstić information content (AvgIpc) is 2.69. The lowest BCUT2D eigenvalue weighted by Gasteiger charge is -2.17. The van der Waals surface area contributed by atoms with Crippen molar-refractivity contribution in [3.05, 3.63) is 33.8 Å². The normalized spacial score (nSPS) is 11.5. The minimum atomic E-state index is 0.212. The molecule has 0 heterocycles. The van der Waals surface area contributed by atoms with E-state index in [2.05, 4.69) is 32.9 Å². The minimum absolute atomic E-state index is 0.212. The lowest BCUT2D eigenvalue weighted by Crippen LogP contribution is -2.05. The van der Waals surface area contributed by atoms with Gasteiger partial charge in [0.2, 0.25) is 0 Å². The fraction of sp³-hybridized carbons (Fsp3) is 0.625. The number of ether oxygens (including phenoxy) is 2. The van der Waals surface area contributed by atoms with Gasteiger partial charge < -0.3 is 14.3 Å². The Bertz CT molecular complexity index is 658. The molecule has 0 atom stereocenters. The number of aryl methyl sites for hydroxylation is 2. The summed E-state index contributed by atoms with van der Waals surface area (Å²) in [6, 6.07) is 4.08. The number of hydrogen-bond donors (Lipinski definition) is 0. The quantitative estimate of drug-likeness (QED) is 0.155. The van der Waals surface area contributed by atoms with Gasteiger partial charge >= 0.3 is 0 Å². The molecule has 0 fully saturated rings. The molecule has 0 aromatic heterocycles. The second kappa shape index (κ2) is 15.4. The molecular weight excluding hydrogens is 421 g/mol. The summed E-state index contributed by atoms with van der Waals surface area (Å²) in [5.74, 6) is 2.41. The molecule has 30 heavy (non-hydrogen) atoms. The van der Waals surface area contributed by atoms with Gasteiger partial charge in [-0.05, 0) is 80.7 Å². The average molecular weight is 458 g/mol. The van der Waals surface area contributed by atoms with Gasteiger partial charge in [-0.3, -0.25) is 0 Å². The molecule has 0 aliphatic carbocycles. The molecule has 0 spiro atoms. The van der Waals surface area contributed by atoms with Gasteiger partial charge in [-0.15, -0.1) is 0 Å². The summed E-state index contributed by atoms with van der Waals surface area (Å²) in [5, 5.41) is 4.17. The Kier molecular flexibility index (Phi) is 13.7. The van der Waals surface area contributed by atoms with Crippen LogP contribution < -0.4 is 9.47 Å². The maximum absolute atomic E-state index is 6.16. The largest absolute Gasteiger partial charge is 0.493 e. The monoisotopic (exact) mass is 457 g/mol. The predicted molar refractivity (Wildman–Crippen MR) is 128 cm³/mol. The Morgan fingerprint density at radius 1 is 1.00 bits per heavy atom. The van der Waals surface area contributed by atoms with Crippen LogP contribution in [-0.2, 0) is 17.7 Å². The summed E-state index contributed by atoms with van der Waals surface area (Å²) >= 11 is 11.3. The van der Waals surface area contributed by atoms with Crippen LogP contribution in [0.3, 0.4) is 0 Å². The molecule has 1 rings (SSSR count). The third kappa shape index (κ3) is 11.1. The maximum atomic E-state index is 6.16. The number of unbranched alkanes of at least 4 members (excludes halogenated alkanes) is 2. The maximum Gasteiger partial charge on any atom is 0.125 e. The lowest BCUT2D eigenvalue weighted by molar-refractivity contribution is 0.137. The van der Waals surface area contributed by atoms with E-state index in [0.29, 0.717) is 25.7 Å². The molecule has 0 aliphatic rings. The van der Waals surface area contributed by atoms with Gasteiger partial charge in [0.25, 0.3) is 0 Å². The summed E-state index contributed by atoms with van der Waals surface area (Å²) in [6.45, 7) is 12.3. The van der Waals surface area contributed by atoms with E-state index in [1.54, 1.807) is 6.08 Å². The molecule has 1 aromatic carbocycles. The van der Waals surface area contributed by atoms with E-state index >= 15 is 0 Å². The van der Waals surface area contributed by atoms with Crippen molar-refractivity contribution in [1.29, 1.82) is 0 Å². The second-order valence-corrected chi connectivity index (χ2v) is 8.76. The number of nitrogens with zero attached hydrogens (tertiary/aromatic N) is 1. The lowest BCUT2D eigenvalue weighted by atomic mass is 10.0. The van der Waals surface area contributed by atoms with Gasteiger partial charge in [-0.25, -0.2) is 0 Å². The highest BCUT2D eigenvalue weighted by Gasteiger charge is 2.11. The van der Waals surface area contributed by atoms with Gasteiger partial charge in [-0.2, -0.15) is 0 Å². The molecule has 0 radical (unpaired) electrons. The molecule has 1 aromatic rings. The van der Waals surface area contributed by atoms with Crippen LogP contribution in [0.4, 0.5) is 0 Å². The van der Waals surface area contributed by atoms with Gasteiger partial charge in [0.15, 0.2) is 0 Å². The molecule has 0 saturated carbocycles. The SMILES string of the molecule is CCc1cc(OCC=C(Cl)Cl)cc(CC)c1OCCCCCO/N=C(\C)CC(C)C. The van der Waals surface area contributed by atoms with Crippen LogP contribution in [-0.4, -0.2) is 25.5 Å². The highest BCUT2D eigenvalue weighted by atomic mass is 35.5.